The summed E-state index contributed by atoms with van der Waals surface area (Å²) in [6.07, 6.45) is -3.57. The lowest BCUT2D eigenvalue weighted by Crippen LogP contribution is -2.50. The second kappa shape index (κ2) is 14.8. The molecule has 0 radical (unpaired) electrons. The summed E-state index contributed by atoms with van der Waals surface area (Å²) in [5.41, 5.74) is -0.846. The van der Waals surface area contributed by atoms with Crippen molar-refractivity contribution in [1.82, 2.24) is 0 Å². The summed E-state index contributed by atoms with van der Waals surface area (Å²) < 4.78 is 59.0. The number of hydrogen-bond acceptors (Lipinski definition) is 7. The van der Waals surface area contributed by atoms with E-state index in [0.717, 1.165) is 6.92 Å². The Morgan fingerprint density at radius 2 is 1.49 bits per heavy atom. The molecule has 0 aliphatic carbocycles. The minimum absolute atomic E-state index is 0.0463. The maximum absolute atomic E-state index is 14.8. The molecule has 5 atom stereocenters. The van der Waals surface area contributed by atoms with Gasteiger partial charge in [0.2, 0.25) is 5.13 Å². The third-order valence-corrected chi connectivity index (χ3v) is 5.93. The largest absolute Gasteiger partial charge is 0.481 e. The molecule has 0 heterocycles. The third kappa shape index (κ3) is 11.9. The van der Waals surface area contributed by atoms with E-state index in [1.165, 1.54) is 0 Å². The Labute approximate surface area is 221 Å². The quantitative estimate of drug-likeness (QED) is 0.111. The van der Waals surface area contributed by atoms with Gasteiger partial charge in [-0.25, -0.2) is 4.39 Å². The van der Waals surface area contributed by atoms with Crippen molar-refractivity contribution in [2.75, 3.05) is 6.61 Å². The standard InChI is InChI=1S/C25H40ClF3O8/c1-8-10-11-35-21(33)17(14-19(36-15(3)30)25(28,29)24(7,26)27)12-16(20(31)32)13-18(9-2)37-22(34)23(4,5)6/h16-19H,8-14H2,1-7H3,(H,31,32). The van der Waals surface area contributed by atoms with Crippen molar-refractivity contribution < 1.29 is 51.7 Å². The van der Waals surface area contributed by atoms with Crippen LogP contribution >= 0.6 is 11.6 Å². The number of carbonyl (C=O) groups is 4. The average molecular weight is 561 g/mol. The van der Waals surface area contributed by atoms with E-state index in [-0.39, 0.29) is 19.4 Å². The van der Waals surface area contributed by atoms with Crippen molar-refractivity contribution in [3.8, 4) is 0 Å². The van der Waals surface area contributed by atoms with Crippen LogP contribution in [0.3, 0.4) is 0 Å². The Hall–Kier alpha value is -2.04. The number of unbranched alkanes of at least 4 members (excludes halogenated alkanes) is 1. The first-order valence-electron chi connectivity index (χ1n) is 12.3. The molecule has 216 valence electrons. The lowest BCUT2D eigenvalue weighted by Gasteiger charge is -2.34. The highest BCUT2D eigenvalue weighted by atomic mass is 35.5. The van der Waals surface area contributed by atoms with Crippen LogP contribution in [-0.2, 0) is 33.4 Å². The van der Waals surface area contributed by atoms with Gasteiger partial charge in [-0.05, 0) is 53.4 Å². The Bertz CT molecular complexity index is 777. The monoisotopic (exact) mass is 560 g/mol. The number of halogens is 4. The van der Waals surface area contributed by atoms with E-state index < -0.39 is 77.2 Å². The molecule has 0 spiro atoms. The van der Waals surface area contributed by atoms with Gasteiger partial charge in [0.15, 0.2) is 6.10 Å². The number of esters is 3. The summed E-state index contributed by atoms with van der Waals surface area (Å²) in [5, 5.41) is 6.18. The van der Waals surface area contributed by atoms with Crippen molar-refractivity contribution in [1.29, 1.82) is 0 Å². The van der Waals surface area contributed by atoms with Crippen LogP contribution in [-0.4, -0.2) is 58.8 Å². The van der Waals surface area contributed by atoms with E-state index >= 15 is 0 Å². The van der Waals surface area contributed by atoms with Crippen molar-refractivity contribution in [2.24, 2.45) is 17.3 Å². The molecule has 0 saturated carbocycles. The first-order valence-corrected chi connectivity index (χ1v) is 12.7. The third-order valence-electron chi connectivity index (χ3n) is 5.68. The Balaban J connectivity index is 6.09. The van der Waals surface area contributed by atoms with E-state index in [1.807, 2.05) is 6.92 Å². The molecule has 0 aromatic rings. The number of carboxylic acids is 1. The summed E-state index contributed by atoms with van der Waals surface area (Å²) in [6.45, 7) is 9.56. The van der Waals surface area contributed by atoms with Gasteiger partial charge in [0.1, 0.15) is 6.10 Å². The zero-order valence-corrected chi connectivity index (χ0v) is 23.3. The number of alkyl halides is 4. The fourth-order valence-electron chi connectivity index (χ4n) is 3.32. The average Bonchev–Trinajstić information content (AvgIpc) is 2.74. The van der Waals surface area contributed by atoms with Gasteiger partial charge in [0.25, 0.3) is 0 Å². The first kappa shape index (κ1) is 35.0. The van der Waals surface area contributed by atoms with Gasteiger partial charge in [-0.1, -0.05) is 31.9 Å². The fraction of sp³-hybridized carbons (Fsp3) is 0.840. The SMILES string of the molecule is CCCCOC(=O)C(CC(CC(CC)OC(=O)C(C)(C)C)C(=O)O)CC(OC(C)=O)C(F)(F)C(C)(F)Cl. The number of aliphatic carboxylic acids is 1. The number of rotatable bonds is 16. The number of carboxylic acid groups (broad SMARTS) is 1. The number of carbonyl (C=O) groups excluding carboxylic acids is 3. The lowest BCUT2D eigenvalue weighted by atomic mass is 9.85. The van der Waals surface area contributed by atoms with Crippen LogP contribution in [0.1, 0.15) is 87.0 Å². The second-order valence-electron chi connectivity index (χ2n) is 10.3. The van der Waals surface area contributed by atoms with Gasteiger partial charge in [-0.2, -0.15) is 8.78 Å². The summed E-state index contributed by atoms with van der Waals surface area (Å²) in [5.74, 6) is -11.3. The van der Waals surface area contributed by atoms with E-state index in [2.05, 4.69) is 4.74 Å². The number of hydrogen-bond donors (Lipinski definition) is 1. The Kier molecular flexibility index (Phi) is 14.0. The molecule has 0 aliphatic heterocycles. The van der Waals surface area contributed by atoms with E-state index in [4.69, 9.17) is 21.1 Å². The molecule has 1 N–H and O–H groups in total. The maximum Gasteiger partial charge on any atom is 0.330 e. The summed E-state index contributed by atoms with van der Waals surface area (Å²) in [6, 6.07) is 0. The number of ether oxygens (including phenoxy) is 3. The molecule has 0 saturated heterocycles. The van der Waals surface area contributed by atoms with Crippen LogP contribution in [0, 0.1) is 17.3 Å². The molecule has 0 bridgehead atoms. The van der Waals surface area contributed by atoms with Gasteiger partial charge in [0.05, 0.1) is 23.9 Å². The molecule has 37 heavy (non-hydrogen) atoms. The molecule has 0 fully saturated rings. The van der Waals surface area contributed by atoms with Crippen LogP contribution < -0.4 is 0 Å². The molecule has 5 unspecified atom stereocenters. The molecule has 0 amide bonds. The normalized spacial score (nSPS) is 17.1. The van der Waals surface area contributed by atoms with Crippen molar-refractivity contribution in [3.63, 3.8) is 0 Å². The van der Waals surface area contributed by atoms with Gasteiger partial charge >= 0.3 is 29.8 Å². The van der Waals surface area contributed by atoms with Crippen molar-refractivity contribution in [2.45, 2.75) is 110 Å². The summed E-state index contributed by atoms with van der Waals surface area (Å²) in [7, 11) is 0. The van der Waals surface area contributed by atoms with Crippen molar-refractivity contribution >= 4 is 35.5 Å². The molecule has 0 aliphatic rings. The lowest BCUT2D eigenvalue weighted by molar-refractivity contribution is -0.199. The highest BCUT2D eigenvalue weighted by molar-refractivity contribution is 6.23. The molecule has 0 aromatic heterocycles. The van der Waals surface area contributed by atoms with Crippen LogP contribution in [0.15, 0.2) is 0 Å². The van der Waals surface area contributed by atoms with E-state index in [1.54, 1.807) is 27.7 Å². The highest BCUT2D eigenvalue weighted by Gasteiger charge is 2.58. The van der Waals surface area contributed by atoms with Gasteiger partial charge in [-0.15, -0.1) is 0 Å². The maximum atomic E-state index is 14.8. The molecule has 8 nitrogen and oxygen atoms in total. The molecular weight excluding hydrogens is 521 g/mol. The Morgan fingerprint density at radius 1 is 0.919 bits per heavy atom. The topological polar surface area (TPSA) is 116 Å². The van der Waals surface area contributed by atoms with Crippen LogP contribution in [0.25, 0.3) is 0 Å². The molecule has 0 aromatic carbocycles. The minimum atomic E-state index is -4.42. The second-order valence-corrected chi connectivity index (χ2v) is 11.0. The van der Waals surface area contributed by atoms with Crippen LogP contribution in [0.4, 0.5) is 13.2 Å². The Morgan fingerprint density at radius 3 is 1.89 bits per heavy atom. The molecule has 0 rings (SSSR count). The van der Waals surface area contributed by atoms with E-state index in [0.29, 0.717) is 19.8 Å². The van der Waals surface area contributed by atoms with Crippen molar-refractivity contribution in [3.05, 3.63) is 0 Å². The van der Waals surface area contributed by atoms with Gasteiger partial charge < -0.3 is 19.3 Å². The molecular formula is C25H40ClF3O8. The van der Waals surface area contributed by atoms with Crippen LogP contribution in [0.2, 0.25) is 0 Å². The summed E-state index contributed by atoms with van der Waals surface area (Å²) in [4.78, 5) is 48.7. The summed E-state index contributed by atoms with van der Waals surface area (Å²) >= 11 is 5.23. The fourth-order valence-corrected chi connectivity index (χ4v) is 3.44. The minimum Gasteiger partial charge on any atom is -0.481 e. The van der Waals surface area contributed by atoms with Gasteiger partial charge in [-0.3, -0.25) is 19.2 Å². The smallest absolute Gasteiger partial charge is 0.330 e. The zero-order chi connectivity index (χ0) is 29.2. The van der Waals surface area contributed by atoms with Gasteiger partial charge in [0, 0.05) is 13.3 Å². The molecule has 12 heteroatoms. The predicted octanol–water partition coefficient (Wildman–Crippen LogP) is 5.68. The first-order chi connectivity index (χ1) is 16.8. The van der Waals surface area contributed by atoms with E-state index in [9.17, 15) is 37.5 Å². The zero-order valence-electron chi connectivity index (χ0n) is 22.6. The van der Waals surface area contributed by atoms with Crippen LogP contribution in [0.5, 0.6) is 0 Å². The predicted molar refractivity (Wildman–Crippen MR) is 130 cm³/mol. The highest BCUT2D eigenvalue weighted by Crippen LogP contribution is 2.42.